The van der Waals surface area contributed by atoms with E-state index >= 15 is 0 Å². The molecule has 1 aromatic carbocycles. The molecule has 0 radical (unpaired) electrons. The number of hydrogen-bond donors (Lipinski definition) is 1. The van der Waals surface area contributed by atoms with Crippen LogP contribution in [0, 0.1) is 12.8 Å². The van der Waals surface area contributed by atoms with Gasteiger partial charge in [0, 0.05) is 40.8 Å². The number of nitrogens with zero attached hydrogens (tertiary/aromatic N) is 3. The lowest BCUT2D eigenvalue weighted by molar-refractivity contribution is 0.120. The number of rotatable bonds is 9. The molecule has 7 nitrogen and oxygen atoms in total. The highest BCUT2D eigenvalue weighted by Gasteiger charge is 2.20. The maximum atomic E-state index is 5.46. The van der Waals surface area contributed by atoms with Gasteiger partial charge in [0.25, 0.3) is 0 Å². The molecule has 1 aromatic rings. The molecule has 0 amide bonds. The molecule has 0 aliphatic carbocycles. The van der Waals surface area contributed by atoms with Crippen LogP contribution in [0.25, 0.3) is 0 Å². The summed E-state index contributed by atoms with van der Waals surface area (Å²) in [5.74, 6) is 3.11. The Morgan fingerprint density at radius 1 is 1.17 bits per heavy atom. The highest BCUT2D eigenvalue weighted by atomic mass is 127. The average molecular weight is 534 g/mol. The number of methoxy groups -OCH3 is 3. The molecule has 0 bridgehead atoms. The minimum Gasteiger partial charge on any atom is -0.493 e. The molecule has 1 heterocycles. The van der Waals surface area contributed by atoms with Gasteiger partial charge in [-0.25, -0.2) is 0 Å². The molecule has 2 rings (SSSR count). The number of halogens is 1. The fraction of sp³-hybridized carbons (Fsp3) is 0.682. The zero-order chi connectivity index (χ0) is 21.2. The molecule has 1 aliphatic rings. The largest absolute Gasteiger partial charge is 0.493 e. The van der Waals surface area contributed by atoms with E-state index < -0.39 is 0 Å². The summed E-state index contributed by atoms with van der Waals surface area (Å²) in [6, 6.07) is 4.07. The van der Waals surface area contributed by atoms with E-state index in [1.807, 2.05) is 19.2 Å². The Bertz CT molecular complexity index is 664. The SMILES string of the molecule is CN=C(NCC1CCN(CCOC)CC1)N(C)Cc1cc(OC)c(OC)cc1C.I. The van der Waals surface area contributed by atoms with Gasteiger partial charge < -0.3 is 29.3 Å². The summed E-state index contributed by atoms with van der Waals surface area (Å²) in [5.41, 5.74) is 2.37. The number of aryl methyl sites for hydroxylation is 1. The summed E-state index contributed by atoms with van der Waals surface area (Å²) >= 11 is 0. The van der Waals surface area contributed by atoms with Crippen LogP contribution >= 0.6 is 24.0 Å². The van der Waals surface area contributed by atoms with Gasteiger partial charge in [0.1, 0.15) is 0 Å². The summed E-state index contributed by atoms with van der Waals surface area (Å²) in [6.07, 6.45) is 2.43. The molecule has 30 heavy (non-hydrogen) atoms. The Morgan fingerprint density at radius 3 is 2.37 bits per heavy atom. The number of piperidine rings is 1. The van der Waals surface area contributed by atoms with Crippen molar-refractivity contribution in [1.29, 1.82) is 0 Å². The summed E-state index contributed by atoms with van der Waals surface area (Å²) in [5, 5.41) is 3.56. The highest BCUT2D eigenvalue weighted by Crippen LogP contribution is 2.30. The van der Waals surface area contributed by atoms with Gasteiger partial charge in [-0.15, -0.1) is 24.0 Å². The van der Waals surface area contributed by atoms with Gasteiger partial charge in [-0.2, -0.15) is 0 Å². The Hall–Kier alpha value is -1.26. The monoisotopic (exact) mass is 534 g/mol. The smallest absolute Gasteiger partial charge is 0.193 e. The summed E-state index contributed by atoms with van der Waals surface area (Å²) in [6.45, 7) is 7.95. The predicted molar refractivity (Wildman–Crippen MR) is 134 cm³/mol. The molecule has 8 heteroatoms. The third-order valence-electron chi connectivity index (χ3n) is 5.69. The Balaban J connectivity index is 0.00000450. The number of nitrogens with one attached hydrogen (secondary N) is 1. The van der Waals surface area contributed by atoms with E-state index in [4.69, 9.17) is 14.2 Å². The van der Waals surface area contributed by atoms with E-state index in [0.29, 0.717) is 5.92 Å². The summed E-state index contributed by atoms with van der Waals surface area (Å²) in [4.78, 5) is 9.12. The second kappa shape index (κ2) is 13.9. The van der Waals surface area contributed by atoms with E-state index in [1.165, 1.54) is 24.0 Å². The Morgan fingerprint density at radius 2 is 1.80 bits per heavy atom. The first-order valence-corrected chi connectivity index (χ1v) is 10.4. The third kappa shape index (κ3) is 7.77. The Labute approximate surface area is 199 Å². The first-order valence-electron chi connectivity index (χ1n) is 10.4. The molecule has 1 aliphatic heterocycles. The van der Waals surface area contributed by atoms with E-state index in [2.05, 4.69) is 34.1 Å². The molecule has 172 valence electrons. The lowest BCUT2D eigenvalue weighted by atomic mass is 9.97. The van der Waals surface area contributed by atoms with Gasteiger partial charge >= 0.3 is 0 Å². The van der Waals surface area contributed by atoms with Crippen molar-refractivity contribution in [2.45, 2.75) is 26.3 Å². The predicted octanol–water partition coefficient (Wildman–Crippen LogP) is 3.00. The number of aliphatic imine (C=N–C) groups is 1. The normalized spacial score (nSPS) is 15.5. The second-order valence-corrected chi connectivity index (χ2v) is 7.70. The molecular formula is C22H39IN4O3. The highest BCUT2D eigenvalue weighted by molar-refractivity contribution is 14.0. The molecular weight excluding hydrogens is 495 g/mol. The fourth-order valence-electron chi connectivity index (χ4n) is 3.78. The first-order chi connectivity index (χ1) is 14.0. The van der Waals surface area contributed by atoms with Crippen molar-refractivity contribution in [1.82, 2.24) is 15.1 Å². The van der Waals surface area contributed by atoms with Crippen LogP contribution in [0.2, 0.25) is 0 Å². The van der Waals surface area contributed by atoms with Gasteiger partial charge in [-0.05, 0) is 62.0 Å². The average Bonchev–Trinajstić information content (AvgIpc) is 2.74. The van der Waals surface area contributed by atoms with Crippen LogP contribution in [-0.4, -0.2) is 84.0 Å². The van der Waals surface area contributed by atoms with Crippen LogP contribution in [0.5, 0.6) is 11.5 Å². The van der Waals surface area contributed by atoms with Crippen LogP contribution < -0.4 is 14.8 Å². The molecule has 0 atom stereocenters. The standard InChI is InChI=1S/C22H38N4O3.HI/c1-17-13-20(28-5)21(29-6)14-19(17)16-25(3)22(23-2)24-15-18-7-9-26(10-8-18)11-12-27-4;/h13-14,18H,7-12,15-16H2,1-6H3,(H,23,24);1H. The van der Waals surface area contributed by atoms with Crippen molar-refractivity contribution in [3.63, 3.8) is 0 Å². The molecule has 1 fully saturated rings. The van der Waals surface area contributed by atoms with Crippen LogP contribution in [0.15, 0.2) is 17.1 Å². The van der Waals surface area contributed by atoms with Crippen molar-refractivity contribution in [2.24, 2.45) is 10.9 Å². The van der Waals surface area contributed by atoms with Crippen LogP contribution in [0.4, 0.5) is 0 Å². The van der Waals surface area contributed by atoms with E-state index in [0.717, 1.165) is 56.8 Å². The number of likely N-dealkylation sites (tertiary alicyclic amines) is 1. The zero-order valence-corrected chi connectivity index (χ0v) is 21.7. The number of hydrogen-bond acceptors (Lipinski definition) is 5. The quantitative estimate of drug-likeness (QED) is 0.299. The van der Waals surface area contributed by atoms with Crippen molar-refractivity contribution < 1.29 is 14.2 Å². The van der Waals surface area contributed by atoms with Crippen LogP contribution in [-0.2, 0) is 11.3 Å². The summed E-state index contributed by atoms with van der Waals surface area (Å²) < 4.78 is 16.0. The van der Waals surface area contributed by atoms with Gasteiger partial charge in [0.2, 0.25) is 0 Å². The lowest BCUT2D eigenvalue weighted by Crippen LogP contribution is -2.43. The first kappa shape index (κ1) is 26.8. The molecule has 0 unspecified atom stereocenters. The topological polar surface area (TPSA) is 58.6 Å². The molecule has 1 saturated heterocycles. The van der Waals surface area contributed by atoms with Crippen LogP contribution in [0.1, 0.15) is 24.0 Å². The Kier molecular flexibility index (Phi) is 12.4. The molecule has 1 N–H and O–H groups in total. The molecule has 0 spiro atoms. The lowest BCUT2D eigenvalue weighted by Gasteiger charge is -2.32. The minimum atomic E-state index is 0. The summed E-state index contributed by atoms with van der Waals surface area (Å²) in [7, 11) is 9.01. The van der Waals surface area contributed by atoms with Gasteiger partial charge in [0.15, 0.2) is 17.5 Å². The van der Waals surface area contributed by atoms with E-state index in [1.54, 1.807) is 21.3 Å². The van der Waals surface area contributed by atoms with Crippen molar-refractivity contribution in [3.8, 4) is 11.5 Å². The number of benzene rings is 1. The molecule has 0 aromatic heterocycles. The minimum absolute atomic E-state index is 0. The maximum Gasteiger partial charge on any atom is 0.193 e. The second-order valence-electron chi connectivity index (χ2n) is 7.70. The van der Waals surface area contributed by atoms with Gasteiger partial charge in [-0.1, -0.05) is 0 Å². The number of ether oxygens (including phenoxy) is 3. The van der Waals surface area contributed by atoms with Gasteiger partial charge in [0.05, 0.1) is 20.8 Å². The fourth-order valence-corrected chi connectivity index (χ4v) is 3.78. The van der Waals surface area contributed by atoms with E-state index in [-0.39, 0.29) is 24.0 Å². The van der Waals surface area contributed by atoms with Crippen LogP contribution in [0.3, 0.4) is 0 Å². The zero-order valence-electron chi connectivity index (χ0n) is 19.4. The van der Waals surface area contributed by atoms with Crippen molar-refractivity contribution in [3.05, 3.63) is 23.3 Å². The van der Waals surface area contributed by atoms with Crippen molar-refractivity contribution in [2.75, 3.05) is 68.2 Å². The van der Waals surface area contributed by atoms with E-state index in [9.17, 15) is 0 Å². The molecule has 0 saturated carbocycles. The van der Waals surface area contributed by atoms with Gasteiger partial charge in [-0.3, -0.25) is 4.99 Å². The van der Waals surface area contributed by atoms with Crippen molar-refractivity contribution >= 4 is 29.9 Å². The third-order valence-corrected chi connectivity index (χ3v) is 5.69. The number of guanidine groups is 1. The maximum absolute atomic E-state index is 5.46.